The zero-order valence-electron chi connectivity index (χ0n) is 15.4. The number of nitrogens with zero attached hydrogens (tertiary/aromatic N) is 1. The molecular weight excluding hydrogens is 318 g/mol. The molecule has 2 aliphatic heterocycles. The highest BCUT2D eigenvalue weighted by Gasteiger charge is 2.24. The zero-order chi connectivity index (χ0) is 17.8. The van der Waals surface area contributed by atoms with Crippen LogP contribution in [-0.4, -0.2) is 50.3 Å². The van der Waals surface area contributed by atoms with E-state index < -0.39 is 0 Å². The molecule has 2 amide bonds. The Morgan fingerprint density at radius 1 is 1.24 bits per heavy atom. The van der Waals surface area contributed by atoms with E-state index in [-0.39, 0.29) is 24.0 Å². The van der Waals surface area contributed by atoms with Crippen LogP contribution in [0.5, 0.6) is 11.5 Å². The van der Waals surface area contributed by atoms with Crippen molar-refractivity contribution in [3.05, 3.63) is 23.8 Å². The number of piperidine rings is 1. The number of hydrogen-bond donors (Lipinski definition) is 2. The molecule has 138 valence electrons. The summed E-state index contributed by atoms with van der Waals surface area (Å²) in [6, 6.07) is 5.95. The van der Waals surface area contributed by atoms with Gasteiger partial charge in [-0.15, -0.1) is 0 Å². The van der Waals surface area contributed by atoms with E-state index >= 15 is 0 Å². The van der Waals surface area contributed by atoms with Gasteiger partial charge in [-0.25, -0.2) is 4.79 Å². The Hall–Kier alpha value is -1.95. The Bertz CT molecular complexity index is 606. The van der Waals surface area contributed by atoms with Crippen molar-refractivity contribution < 1.29 is 14.3 Å². The fraction of sp³-hybridized carbons (Fsp3) is 0.632. The van der Waals surface area contributed by atoms with E-state index in [4.69, 9.17) is 9.47 Å². The third-order valence-electron chi connectivity index (χ3n) is 4.84. The molecule has 6 heteroatoms. The van der Waals surface area contributed by atoms with Crippen molar-refractivity contribution >= 4 is 6.03 Å². The van der Waals surface area contributed by atoms with Gasteiger partial charge in [0.2, 0.25) is 0 Å². The molecule has 2 N–H and O–H groups in total. The van der Waals surface area contributed by atoms with E-state index in [0.29, 0.717) is 13.2 Å². The molecular formula is C19H29N3O3. The summed E-state index contributed by atoms with van der Waals surface area (Å²) in [6.07, 6.45) is 2.16. The van der Waals surface area contributed by atoms with E-state index in [9.17, 15) is 4.79 Å². The van der Waals surface area contributed by atoms with Gasteiger partial charge in [-0.05, 0) is 50.0 Å². The number of rotatable bonds is 4. The predicted octanol–water partition coefficient (Wildman–Crippen LogP) is 2.55. The molecule has 0 aliphatic carbocycles. The van der Waals surface area contributed by atoms with E-state index in [1.54, 1.807) is 0 Å². The summed E-state index contributed by atoms with van der Waals surface area (Å²) in [5.41, 5.74) is 1.04. The molecule has 1 aromatic rings. The lowest BCUT2D eigenvalue weighted by molar-refractivity contribution is 0.171. The average Bonchev–Trinajstić information content (AvgIpc) is 2.59. The number of nitrogens with one attached hydrogen (secondary N) is 2. The summed E-state index contributed by atoms with van der Waals surface area (Å²) in [5.74, 6) is 1.79. The quantitative estimate of drug-likeness (QED) is 0.879. The van der Waals surface area contributed by atoms with Gasteiger partial charge in [-0.1, -0.05) is 19.9 Å². The molecule has 1 aromatic carbocycles. The van der Waals surface area contributed by atoms with Crippen LogP contribution in [0.4, 0.5) is 4.79 Å². The van der Waals surface area contributed by atoms with Gasteiger partial charge < -0.3 is 25.0 Å². The molecule has 6 nitrogen and oxygen atoms in total. The number of urea groups is 1. The Labute approximate surface area is 149 Å². The molecule has 2 atom stereocenters. The van der Waals surface area contributed by atoms with Gasteiger partial charge in [0, 0.05) is 12.6 Å². The van der Waals surface area contributed by atoms with Crippen LogP contribution in [0.15, 0.2) is 18.2 Å². The topological polar surface area (TPSA) is 62.8 Å². The summed E-state index contributed by atoms with van der Waals surface area (Å²) in [4.78, 5) is 14.8. The molecule has 3 rings (SSSR count). The number of carbonyl (C=O) groups is 1. The second-order valence-corrected chi connectivity index (χ2v) is 7.34. The summed E-state index contributed by atoms with van der Waals surface area (Å²) in [6.45, 7) is 7.37. The van der Waals surface area contributed by atoms with Crippen LogP contribution in [-0.2, 0) is 0 Å². The first-order valence-electron chi connectivity index (χ1n) is 9.18. The summed E-state index contributed by atoms with van der Waals surface area (Å²) in [7, 11) is 2.10. The highest BCUT2D eigenvalue weighted by atomic mass is 16.6. The fourth-order valence-corrected chi connectivity index (χ4v) is 3.54. The highest BCUT2D eigenvalue weighted by molar-refractivity contribution is 5.75. The Kier molecular flexibility index (Phi) is 5.68. The molecule has 0 spiro atoms. The minimum absolute atomic E-state index is 0.0721. The van der Waals surface area contributed by atoms with E-state index in [0.717, 1.165) is 43.0 Å². The smallest absolute Gasteiger partial charge is 0.315 e. The fourth-order valence-electron chi connectivity index (χ4n) is 3.54. The first kappa shape index (κ1) is 17.9. The monoisotopic (exact) mass is 347 g/mol. The lowest BCUT2D eigenvalue weighted by atomic mass is 9.95. The second kappa shape index (κ2) is 7.95. The third kappa shape index (κ3) is 4.57. The van der Waals surface area contributed by atoms with Gasteiger partial charge in [-0.3, -0.25) is 0 Å². The summed E-state index contributed by atoms with van der Waals surface area (Å²) >= 11 is 0. The maximum atomic E-state index is 12.5. The van der Waals surface area contributed by atoms with Crippen molar-refractivity contribution in [1.29, 1.82) is 0 Å². The van der Waals surface area contributed by atoms with Crippen LogP contribution in [0.2, 0.25) is 0 Å². The first-order valence-corrected chi connectivity index (χ1v) is 9.18. The number of likely N-dealkylation sites (N-methyl/N-ethyl adjacent to an activating group) is 1. The van der Waals surface area contributed by atoms with Crippen molar-refractivity contribution in [3.8, 4) is 11.5 Å². The van der Waals surface area contributed by atoms with Crippen molar-refractivity contribution in [1.82, 2.24) is 15.5 Å². The molecule has 0 unspecified atom stereocenters. The number of ether oxygens (including phenoxy) is 2. The van der Waals surface area contributed by atoms with Crippen LogP contribution in [0.25, 0.3) is 0 Å². The normalized spacial score (nSPS) is 21.7. The SMILES string of the molecule is CC(C)[C@H](NC(=O)N[C@@H]1CCCN(C)C1)c1ccc2c(c1)OCCO2. The highest BCUT2D eigenvalue weighted by Crippen LogP contribution is 2.34. The number of carbonyl (C=O) groups excluding carboxylic acids is 1. The maximum absolute atomic E-state index is 12.5. The van der Waals surface area contributed by atoms with Crippen LogP contribution >= 0.6 is 0 Å². The predicted molar refractivity (Wildman–Crippen MR) is 97.2 cm³/mol. The summed E-state index contributed by atoms with van der Waals surface area (Å²) < 4.78 is 11.3. The van der Waals surface area contributed by atoms with Crippen molar-refractivity contribution in [3.63, 3.8) is 0 Å². The van der Waals surface area contributed by atoms with Crippen LogP contribution in [0.3, 0.4) is 0 Å². The number of amides is 2. The molecule has 0 saturated carbocycles. The molecule has 0 bridgehead atoms. The number of benzene rings is 1. The molecule has 2 aliphatic rings. The average molecular weight is 347 g/mol. The largest absolute Gasteiger partial charge is 0.486 e. The third-order valence-corrected chi connectivity index (χ3v) is 4.84. The molecule has 1 saturated heterocycles. The van der Waals surface area contributed by atoms with Gasteiger partial charge in [0.25, 0.3) is 0 Å². The van der Waals surface area contributed by atoms with Crippen molar-refractivity contribution in [2.45, 2.75) is 38.8 Å². The van der Waals surface area contributed by atoms with Gasteiger partial charge in [-0.2, -0.15) is 0 Å². The minimum atomic E-state index is -0.103. The number of hydrogen-bond acceptors (Lipinski definition) is 4. The van der Waals surface area contributed by atoms with Gasteiger partial charge in [0.1, 0.15) is 13.2 Å². The van der Waals surface area contributed by atoms with Crippen molar-refractivity contribution in [2.75, 3.05) is 33.4 Å². The second-order valence-electron chi connectivity index (χ2n) is 7.34. The molecule has 2 heterocycles. The van der Waals surface area contributed by atoms with Crippen LogP contribution in [0, 0.1) is 5.92 Å². The Balaban J connectivity index is 1.65. The van der Waals surface area contributed by atoms with Crippen molar-refractivity contribution in [2.24, 2.45) is 5.92 Å². The van der Waals surface area contributed by atoms with Gasteiger partial charge >= 0.3 is 6.03 Å². The lowest BCUT2D eigenvalue weighted by Gasteiger charge is -2.31. The minimum Gasteiger partial charge on any atom is -0.486 e. The molecule has 0 radical (unpaired) electrons. The van der Waals surface area contributed by atoms with Crippen LogP contribution < -0.4 is 20.1 Å². The molecule has 0 aromatic heterocycles. The Morgan fingerprint density at radius 2 is 2.00 bits per heavy atom. The number of likely N-dealkylation sites (tertiary alicyclic amines) is 1. The Morgan fingerprint density at radius 3 is 2.72 bits per heavy atom. The van der Waals surface area contributed by atoms with Crippen LogP contribution in [0.1, 0.15) is 38.3 Å². The van der Waals surface area contributed by atoms with Gasteiger partial charge in [0.15, 0.2) is 11.5 Å². The maximum Gasteiger partial charge on any atom is 0.315 e. The molecule has 25 heavy (non-hydrogen) atoms. The standard InChI is InChI=1S/C19H29N3O3/c1-13(2)18(14-6-7-16-17(11-14)25-10-9-24-16)21-19(23)20-15-5-4-8-22(3)12-15/h6-7,11,13,15,18H,4-5,8-10,12H2,1-3H3,(H2,20,21,23)/t15-,18+/m1/s1. The lowest BCUT2D eigenvalue weighted by Crippen LogP contribution is -2.50. The molecule has 1 fully saturated rings. The van der Waals surface area contributed by atoms with E-state index in [2.05, 4.69) is 36.4 Å². The van der Waals surface area contributed by atoms with E-state index in [1.807, 2.05) is 18.2 Å². The number of fused-ring (bicyclic) bond motifs is 1. The zero-order valence-corrected chi connectivity index (χ0v) is 15.4. The van der Waals surface area contributed by atoms with Gasteiger partial charge in [0.05, 0.1) is 6.04 Å². The van der Waals surface area contributed by atoms with E-state index in [1.165, 1.54) is 0 Å². The first-order chi connectivity index (χ1) is 12.0. The summed E-state index contributed by atoms with van der Waals surface area (Å²) in [5, 5.41) is 6.26.